The monoisotopic (exact) mass is 390 g/mol. The maximum atomic E-state index is 14.1. The Kier molecular flexibility index (Phi) is 5.45. The third kappa shape index (κ3) is 4.17. The van der Waals surface area contributed by atoms with Gasteiger partial charge < -0.3 is 5.32 Å². The largest absolute Gasteiger partial charge is 0.350 e. The molecule has 1 saturated carbocycles. The molecule has 1 aliphatic heterocycles. The number of amides is 1. The minimum absolute atomic E-state index is 0.139. The van der Waals surface area contributed by atoms with Gasteiger partial charge in [-0.3, -0.25) is 14.4 Å². The van der Waals surface area contributed by atoms with E-state index < -0.39 is 0 Å². The normalized spacial score (nSPS) is 17.9. The van der Waals surface area contributed by atoms with Gasteiger partial charge in [-0.2, -0.15) is 5.10 Å². The molecular weight excluding hydrogens is 367 g/mol. The lowest BCUT2D eigenvalue weighted by atomic mass is 9.85. The zero-order valence-corrected chi connectivity index (χ0v) is 16.0. The van der Waals surface area contributed by atoms with Crippen molar-refractivity contribution >= 4 is 17.5 Å². The van der Waals surface area contributed by atoms with E-state index in [1.54, 1.807) is 12.1 Å². The molecule has 1 fully saturated rings. The molecular formula is C20H24ClFN4O. The summed E-state index contributed by atoms with van der Waals surface area (Å²) in [4.78, 5) is 14.2. The van der Waals surface area contributed by atoms with Crippen molar-refractivity contribution in [2.24, 2.45) is 5.92 Å². The summed E-state index contributed by atoms with van der Waals surface area (Å²) in [6.07, 6.45) is 4.09. The number of aromatic nitrogens is 2. The van der Waals surface area contributed by atoms with Crippen LogP contribution in [0.1, 0.15) is 42.6 Å². The van der Waals surface area contributed by atoms with Crippen molar-refractivity contribution in [2.75, 3.05) is 6.54 Å². The second-order valence-corrected chi connectivity index (χ2v) is 7.87. The van der Waals surface area contributed by atoms with Crippen LogP contribution in [0, 0.1) is 11.7 Å². The topological polar surface area (TPSA) is 50.2 Å². The highest BCUT2D eigenvalue weighted by molar-refractivity contribution is 6.31. The molecule has 0 radical (unpaired) electrons. The van der Waals surface area contributed by atoms with Crippen molar-refractivity contribution in [3.63, 3.8) is 0 Å². The molecule has 1 aromatic carbocycles. The molecule has 0 spiro atoms. The first-order valence-corrected chi connectivity index (χ1v) is 9.96. The lowest BCUT2D eigenvalue weighted by molar-refractivity contribution is -0.127. The van der Waals surface area contributed by atoms with Gasteiger partial charge in [-0.25, -0.2) is 4.39 Å². The van der Waals surface area contributed by atoms with Crippen molar-refractivity contribution in [3.8, 4) is 0 Å². The summed E-state index contributed by atoms with van der Waals surface area (Å²) in [5.41, 5.74) is 2.51. The quantitative estimate of drug-likeness (QED) is 0.850. The first-order chi connectivity index (χ1) is 13.1. The summed E-state index contributed by atoms with van der Waals surface area (Å²) in [7, 11) is 0. The van der Waals surface area contributed by atoms with Crippen LogP contribution in [0.5, 0.6) is 0 Å². The van der Waals surface area contributed by atoms with E-state index in [1.807, 2.05) is 10.7 Å². The molecule has 0 unspecified atom stereocenters. The Morgan fingerprint density at radius 1 is 1.30 bits per heavy atom. The number of hydrogen-bond donors (Lipinski definition) is 1. The molecule has 4 rings (SSSR count). The predicted molar refractivity (Wildman–Crippen MR) is 102 cm³/mol. The molecule has 2 aromatic rings. The molecule has 1 amide bonds. The fourth-order valence-corrected chi connectivity index (χ4v) is 3.93. The third-order valence-electron chi connectivity index (χ3n) is 5.51. The number of aryl methyl sites for hydroxylation is 1. The fraction of sp³-hybridized carbons (Fsp3) is 0.500. The Labute approximate surface area is 163 Å². The summed E-state index contributed by atoms with van der Waals surface area (Å²) in [5, 5.41) is 8.10. The highest BCUT2D eigenvalue weighted by Crippen LogP contribution is 2.26. The van der Waals surface area contributed by atoms with Crippen LogP contribution in [-0.2, 0) is 31.0 Å². The van der Waals surface area contributed by atoms with E-state index in [9.17, 15) is 9.18 Å². The van der Waals surface area contributed by atoms with E-state index in [1.165, 1.54) is 6.07 Å². The number of carbonyl (C=O) groups excluding carboxylic acids is 1. The molecule has 2 aliphatic rings. The molecule has 0 saturated heterocycles. The summed E-state index contributed by atoms with van der Waals surface area (Å²) >= 11 is 6.18. The van der Waals surface area contributed by atoms with Crippen molar-refractivity contribution in [1.29, 1.82) is 0 Å². The number of nitrogens with zero attached hydrogens (tertiary/aromatic N) is 3. The predicted octanol–water partition coefficient (Wildman–Crippen LogP) is 3.50. The molecule has 1 N–H and O–H groups in total. The van der Waals surface area contributed by atoms with Gasteiger partial charge in [-0.1, -0.05) is 24.1 Å². The summed E-state index contributed by atoms with van der Waals surface area (Å²) in [5.74, 6) is 0.0614. The van der Waals surface area contributed by atoms with E-state index in [0.717, 1.165) is 50.2 Å². The van der Waals surface area contributed by atoms with Gasteiger partial charge in [-0.15, -0.1) is 0 Å². The van der Waals surface area contributed by atoms with Crippen LogP contribution >= 0.6 is 11.6 Å². The number of nitrogens with one attached hydrogen (secondary N) is 1. The van der Waals surface area contributed by atoms with Gasteiger partial charge in [0.1, 0.15) is 5.82 Å². The number of benzene rings is 1. The van der Waals surface area contributed by atoms with Gasteiger partial charge in [-0.05, 0) is 37.5 Å². The van der Waals surface area contributed by atoms with Gasteiger partial charge in [0.15, 0.2) is 0 Å². The van der Waals surface area contributed by atoms with E-state index in [2.05, 4.69) is 15.3 Å². The Morgan fingerprint density at radius 2 is 2.15 bits per heavy atom. The first kappa shape index (κ1) is 18.4. The molecule has 0 bridgehead atoms. The number of halogens is 2. The van der Waals surface area contributed by atoms with Gasteiger partial charge in [0.05, 0.1) is 17.9 Å². The van der Waals surface area contributed by atoms with Crippen molar-refractivity contribution in [1.82, 2.24) is 20.0 Å². The van der Waals surface area contributed by atoms with Gasteiger partial charge in [0, 0.05) is 42.7 Å². The number of fused-ring (bicyclic) bond motifs is 1. The molecule has 27 heavy (non-hydrogen) atoms. The van der Waals surface area contributed by atoms with Crippen LogP contribution < -0.4 is 5.32 Å². The van der Waals surface area contributed by atoms with Crippen LogP contribution in [0.25, 0.3) is 0 Å². The minimum atomic E-state index is -0.264. The van der Waals surface area contributed by atoms with Crippen molar-refractivity contribution in [2.45, 2.75) is 51.9 Å². The summed E-state index contributed by atoms with van der Waals surface area (Å²) in [6.45, 7) is 3.32. The molecule has 5 nitrogen and oxygen atoms in total. The standard InChI is InChI=1S/C20H24ClFN4O/c21-18-6-2-7-19(22)17(18)13-25-8-3-9-26-16(12-25)10-15(24-26)11-23-20(27)14-4-1-5-14/h2,6-7,10,14H,1,3-5,8-9,11-13H2,(H,23,27). The highest BCUT2D eigenvalue weighted by atomic mass is 35.5. The average Bonchev–Trinajstić information content (AvgIpc) is 2.87. The van der Waals surface area contributed by atoms with Crippen LogP contribution in [0.2, 0.25) is 5.02 Å². The smallest absolute Gasteiger partial charge is 0.223 e. The minimum Gasteiger partial charge on any atom is -0.350 e. The van der Waals surface area contributed by atoms with E-state index in [4.69, 9.17) is 11.6 Å². The fourth-order valence-electron chi connectivity index (χ4n) is 3.71. The average molecular weight is 391 g/mol. The molecule has 144 valence electrons. The highest BCUT2D eigenvalue weighted by Gasteiger charge is 2.25. The SMILES string of the molecule is O=C(NCc1cc2n(n1)CCCN(Cc1c(F)cccc1Cl)C2)C1CCC1. The van der Waals surface area contributed by atoms with Gasteiger partial charge in [0.2, 0.25) is 5.91 Å². The van der Waals surface area contributed by atoms with Crippen LogP contribution in [0.3, 0.4) is 0 Å². The van der Waals surface area contributed by atoms with Gasteiger partial charge >= 0.3 is 0 Å². The zero-order chi connectivity index (χ0) is 18.8. The van der Waals surface area contributed by atoms with Crippen LogP contribution in [-0.4, -0.2) is 27.1 Å². The van der Waals surface area contributed by atoms with E-state index in [0.29, 0.717) is 30.2 Å². The third-order valence-corrected chi connectivity index (χ3v) is 5.86. The van der Waals surface area contributed by atoms with Gasteiger partial charge in [0.25, 0.3) is 0 Å². The lowest BCUT2D eigenvalue weighted by Gasteiger charge is -2.23. The molecule has 0 atom stereocenters. The maximum Gasteiger partial charge on any atom is 0.223 e. The van der Waals surface area contributed by atoms with E-state index in [-0.39, 0.29) is 17.6 Å². The second kappa shape index (κ2) is 7.98. The number of hydrogen-bond acceptors (Lipinski definition) is 3. The van der Waals surface area contributed by atoms with Crippen molar-refractivity contribution in [3.05, 3.63) is 52.1 Å². The number of rotatable bonds is 5. The molecule has 1 aromatic heterocycles. The van der Waals surface area contributed by atoms with Crippen molar-refractivity contribution < 1.29 is 9.18 Å². The maximum absolute atomic E-state index is 14.1. The first-order valence-electron chi connectivity index (χ1n) is 9.58. The number of carbonyl (C=O) groups is 1. The molecule has 2 heterocycles. The Hall–Kier alpha value is -1.92. The van der Waals surface area contributed by atoms with E-state index >= 15 is 0 Å². The lowest BCUT2D eigenvalue weighted by Crippen LogP contribution is -2.34. The summed E-state index contributed by atoms with van der Waals surface area (Å²) in [6, 6.07) is 6.85. The Bertz CT molecular complexity index is 813. The van der Waals surface area contributed by atoms with Crippen LogP contribution in [0.15, 0.2) is 24.3 Å². The second-order valence-electron chi connectivity index (χ2n) is 7.46. The Morgan fingerprint density at radius 3 is 2.89 bits per heavy atom. The zero-order valence-electron chi connectivity index (χ0n) is 15.3. The summed E-state index contributed by atoms with van der Waals surface area (Å²) < 4.78 is 16.1. The van der Waals surface area contributed by atoms with Crippen LogP contribution in [0.4, 0.5) is 4.39 Å². The Balaban J connectivity index is 1.41. The molecule has 7 heteroatoms. The molecule has 1 aliphatic carbocycles.